The van der Waals surface area contributed by atoms with E-state index in [2.05, 4.69) is 15.2 Å². The molecule has 3 aromatic rings. The highest BCUT2D eigenvalue weighted by atomic mass is 32.2. The number of benzene rings is 1. The predicted octanol–water partition coefficient (Wildman–Crippen LogP) is 3.97. The van der Waals surface area contributed by atoms with Gasteiger partial charge in [0.05, 0.1) is 17.8 Å². The van der Waals surface area contributed by atoms with E-state index in [-0.39, 0.29) is 23.9 Å². The fourth-order valence-electron chi connectivity index (χ4n) is 3.25. The molecule has 1 fully saturated rings. The summed E-state index contributed by atoms with van der Waals surface area (Å²) in [5, 5.41) is 9.00. The van der Waals surface area contributed by atoms with Gasteiger partial charge in [0.2, 0.25) is 10.0 Å². The van der Waals surface area contributed by atoms with Crippen molar-refractivity contribution in [3.8, 4) is 11.6 Å². The van der Waals surface area contributed by atoms with E-state index in [9.17, 15) is 17.2 Å². The minimum absolute atomic E-state index is 0.0266. The second kappa shape index (κ2) is 7.54. The van der Waals surface area contributed by atoms with Gasteiger partial charge in [-0.25, -0.2) is 13.4 Å². The Morgan fingerprint density at radius 1 is 1.24 bits per heavy atom. The summed E-state index contributed by atoms with van der Waals surface area (Å²) >= 11 is 1.22. The molecule has 0 saturated heterocycles. The van der Waals surface area contributed by atoms with Crippen molar-refractivity contribution >= 4 is 21.4 Å². The Morgan fingerprint density at radius 3 is 2.55 bits per heavy atom. The number of halogens is 2. The number of hydrogen-bond donors (Lipinski definition) is 0. The molecule has 2 heterocycles. The Balaban J connectivity index is 1.64. The molecule has 0 aliphatic heterocycles. The largest absolute Gasteiger partial charge is 0.414 e. The van der Waals surface area contributed by atoms with Crippen molar-refractivity contribution < 1.29 is 21.6 Å². The van der Waals surface area contributed by atoms with Crippen molar-refractivity contribution in [1.29, 1.82) is 0 Å². The molecule has 0 amide bonds. The molecule has 1 saturated carbocycles. The average Bonchev–Trinajstić information content (AvgIpc) is 3.14. The summed E-state index contributed by atoms with van der Waals surface area (Å²) in [7, 11) is -3.51. The van der Waals surface area contributed by atoms with Gasteiger partial charge in [0.25, 0.3) is 11.8 Å². The van der Waals surface area contributed by atoms with Gasteiger partial charge in [-0.05, 0) is 25.3 Å². The van der Waals surface area contributed by atoms with Gasteiger partial charge in [-0.15, -0.1) is 21.5 Å². The summed E-state index contributed by atoms with van der Waals surface area (Å²) in [5.74, 6) is -0.913. The van der Waals surface area contributed by atoms with Gasteiger partial charge >= 0.3 is 6.43 Å². The molecule has 0 atom stereocenters. The summed E-state index contributed by atoms with van der Waals surface area (Å²) in [6.07, 6.45) is -1.40. The first-order valence-electron chi connectivity index (χ1n) is 8.98. The van der Waals surface area contributed by atoms with Crippen LogP contribution >= 0.6 is 11.3 Å². The van der Waals surface area contributed by atoms with E-state index >= 15 is 0 Å². The Hall–Kier alpha value is -2.24. The number of nitrogens with zero attached hydrogens (tertiary/aromatic N) is 4. The van der Waals surface area contributed by atoms with Gasteiger partial charge in [-0.2, -0.15) is 13.1 Å². The van der Waals surface area contributed by atoms with Crippen LogP contribution in [-0.4, -0.2) is 33.7 Å². The molecule has 7 nitrogen and oxygen atoms in total. The molecule has 4 rings (SSSR count). The molecule has 0 unspecified atom stereocenters. The second-order valence-electron chi connectivity index (χ2n) is 6.68. The maximum absolute atomic E-state index is 12.9. The molecule has 0 bridgehead atoms. The van der Waals surface area contributed by atoms with Crippen molar-refractivity contribution in [3.05, 3.63) is 52.2 Å². The number of thiazole rings is 1. The van der Waals surface area contributed by atoms with Crippen LogP contribution in [0.15, 0.2) is 40.1 Å². The molecule has 29 heavy (non-hydrogen) atoms. The standard InChI is InChI=1S/C18H18F2N4O3S2/c1-2-29(25,26)24(18(8-9-18)12-6-4-3-5-7-12)10-14-21-13(11-28-14)16-22-23-17(27-16)15(19)20/h3-7,11,15H,2,8-10H2,1H3. The fraction of sp³-hybridized carbons (Fsp3) is 0.389. The van der Waals surface area contributed by atoms with Crippen LogP contribution in [0, 0.1) is 0 Å². The molecular weight excluding hydrogens is 422 g/mol. The smallest absolute Gasteiger partial charge is 0.314 e. The van der Waals surface area contributed by atoms with Gasteiger partial charge in [-0.1, -0.05) is 30.3 Å². The zero-order valence-electron chi connectivity index (χ0n) is 15.5. The van der Waals surface area contributed by atoms with E-state index in [4.69, 9.17) is 4.42 Å². The Bertz CT molecular complexity index is 1100. The van der Waals surface area contributed by atoms with Gasteiger partial charge in [0.1, 0.15) is 10.7 Å². The molecule has 0 radical (unpaired) electrons. The van der Waals surface area contributed by atoms with Crippen LogP contribution < -0.4 is 0 Å². The van der Waals surface area contributed by atoms with E-state index in [1.807, 2.05) is 30.3 Å². The van der Waals surface area contributed by atoms with Gasteiger partial charge in [0, 0.05) is 5.38 Å². The van der Waals surface area contributed by atoms with Crippen LogP contribution in [0.3, 0.4) is 0 Å². The first-order valence-corrected chi connectivity index (χ1v) is 11.5. The summed E-state index contributed by atoms with van der Waals surface area (Å²) in [5.41, 5.74) is 0.630. The molecule has 11 heteroatoms. The third-order valence-corrected chi connectivity index (χ3v) is 7.60. The van der Waals surface area contributed by atoms with Crippen LogP contribution in [0.2, 0.25) is 0 Å². The number of sulfonamides is 1. The molecule has 0 N–H and O–H groups in total. The van der Waals surface area contributed by atoms with Crippen LogP contribution in [0.1, 0.15) is 42.7 Å². The summed E-state index contributed by atoms with van der Waals surface area (Å²) in [6, 6.07) is 9.54. The van der Waals surface area contributed by atoms with Crippen molar-refractivity contribution in [3.63, 3.8) is 0 Å². The quantitative estimate of drug-likeness (QED) is 0.527. The first kappa shape index (κ1) is 20.0. The third kappa shape index (κ3) is 3.81. The summed E-state index contributed by atoms with van der Waals surface area (Å²) in [6.45, 7) is 1.70. The molecule has 0 spiro atoms. The van der Waals surface area contributed by atoms with Crippen molar-refractivity contribution in [1.82, 2.24) is 19.5 Å². The zero-order chi connectivity index (χ0) is 20.6. The van der Waals surface area contributed by atoms with Crippen LogP contribution in [0.25, 0.3) is 11.6 Å². The lowest BCUT2D eigenvalue weighted by Crippen LogP contribution is -2.40. The molecule has 1 aromatic carbocycles. The Kier molecular flexibility index (Phi) is 5.21. The van der Waals surface area contributed by atoms with E-state index in [1.165, 1.54) is 15.6 Å². The molecule has 1 aliphatic rings. The maximum atomic E-state index is 12.9. The lowest BCUT2D eigenvalue weighted by molar-refractivity contribution is 0.116. The normalized spacial score (nSPS) is 15.9. The average molecular weight is 440 g/mol. The monoisotopic (exact) mass is 440 g/mol. The van der Waals surface area contributed by atoms with Crippen molar-refractivity contribution in [2.45, 2.75) is 38.3 Å². The SMILES string of the molecule is CCS(=O)(=O)N(Cc1nc(-c2nnc(C(F)F)o2)cs1)C1(c2ccccc2)CC1. The third-order valence-electron chi connectivity index (χ3n) is 4.89. The number of rotatable bonds is 8. The lowest BCUT2D eigenvalue weighted by Gasteiger charge is -2.30. The highest BCUT2D eigenvalue weighted by molar-refractivity contribution is 7.89. The predicted molar refractivity (Wildman–Crippen MR) is 103 cm³/mol. The zero-order valence-corrected chi connectivity index (χ0v) is 17.1. The maximum Gasteiger partial charge on any atom is 0.314 e. The first-order chi connectivity index (χ1) is 13.9. The molecule has 154 valence electrons. The highest BCUT2D eigenvalue weighted by Gasteiger charge is 2.53. The van der Waals surface area contributed by atoms with Crippen LogP contribution in [-0.2, 0) is 22.1 Å². The van der Waals surface area contributed by atoms with E-state index in [1.54, 1.807) is 12.3 Å². The van der Waals surface area contributed by atoms with Crippen LogP contribution in [0.5, 0.6) is 0 Å². The molecule has 2 aromatic heterocycles. The van der Waals surface area contributed by atoms with Gasteiger partial charge in [-0.3, -0.25) is 0 Å². The fourth-order valence-corrected chi connectivity index (χ4v) is 5.54. The van der Waals surface area contributed by atoms with Crippen molar-refractivity contribution in [2.75, 3.05) is 5.75 Å². The topological polar surface area (TPSA) is 89.2 Å². The van der Waals surface area contributed by atoms with E-state index in [0.717, 1.165) is 18.4 Å². The van der Waals surface area contributed by atoms with E-state index in [0.29, 0.717) is 5.01 Å². The number of aromatic nitrogens is 3. The minimum Gasteiger partial charge on any atom is -0.414 e. The highest BCUT2D eigenvalue weighted by Crippen LogP contribution is 2.53. The number of hydrogen-bond acceptors (Lipinski definition) is 7. The van der Waals surface area contributed by atoms with E-state index < -0.39 is 27.9 Å². The second-order valence-corrected chi connectivity index (χ2v) is 9.80. The Labute approximate surface area is 170 Å². The summed E-state index contributed by atoms with van der Waals surface area (Å²) < 4.78 is 57.5. The molecular formula is C18H18F2N4O3S2. The Morgan fingerprint density at radius 2 is 1.97 bits per heavy atom. The molecule has 1 aliphatic carbocycles. The van der Waals surface area contributed by atoms with Crippen LogP contribution in [0.4, 0.5) is 8.78 Å². The van der Waals surface area contributed by atoms with Crippen molar-refractivity contribution in [2.24, 2.45) is 0 Å². The summed E-state index contributed by atoms with van der Waals surface area (Å²) in [4.78, 5) is 4.35. The minimum atomic E-state index is -3.51. The number of alkyl halides is 2. The van der Waals surface area contributed by atoms with Gasteiger partial charge < -0.3 is 4.42 Å². The van der Waals surface area contributed by atoms with Gasteiger partial charge in [0.15, 0.2) is 0 Å². The lowest BCUT2D eigenvalue weighted by atomic mass is 10.1.